The van der Waals surface area contributed by atoms with Crippen molar-refractivity contribution in [3.05, 3.63) is 109 Å². The van der Waals surface area contributed by atoms with Crippen molar-refractivity contribution in [1.82, 2.24) is 0 Å². The average molecular weight is 1050 g/mol. The molecule has 0 amide bonds. The maximum absolute atomic E-state index is 14.4. The third-order valence-electron chi connectivity index (χ3n) is 6.97. The molecule has 0 saturated carbocycles. The van der Waals surface area contributed by atoms with Crippen LogP contribution in [-0.2, 0) is 19.8 Å². The van der Waals surface area contributed by atoms with Crippen LogP contribution in [0.5, 0.6) is 11.5 Å². The summed E-state index contributed by atoms with van der Waals surface area (Å²) in [5.74, 6) is 1.43. The number of alkyl halides is 2. The molecular weight excluding hydrogens is 1010 g/mol. The first kappa shape index (κ1) is 38.2. The van der Waals surface area contributed by atoms with Gasteiger partial charge in [-0.1, -0.05) is 54.6 Å². The van der Waals surface area contributed by atoms with Crippen molar-refractivity contribution in [3.63, 3.8) is 0 Å². The Balaban J connectivity index is 0.000000505. The molecule has 0 unspecified atom stereocenters. The summed E-state index contributed by atoms with van der Waals surface area (Å²) in [6.07, 6.45) is -7.27. The van der Waals surface area contributed by atoms with E-state index in [0.29, 0.717) is 11.5 Å². The van der Waals surface area contributed by atoms with E-state index in [4.69, 9.17) is 29.2 Å². The minimum atomic E-state index is -1.56. The second kappa shape index (κ2) is 18.2. The molecule has 3 aromatic carbocycles. The van der Waals surface area contributed by atoms with Gasteiger partial charge in [-0.15, -0.1) is 0 Å². The zero-order valence-corrected chi connectivity index (χ0v) is 32.0. The SMILES string of the molecule is COc1ccc(C(OC[C@H]2O[CH-][C@H](O)[C@@H]2F)(c2ccccc2)c2ccc(OC)cc2)cc1.OC[C@H]1O[CH-][C@H](O)[C@@H]1F.[U].[U]. The molecule has 5 rings (SSSR count). The van der Waals surface area contributed by atoms with Crippen molar-refractivity contribution in [2.24, 2.45) is 0 Å². The van der Waals surface area contributed by atoms with Gasteiger partial charge in [0.05, 0.1) is 39.6 Å². The van der Waals surface area contributed by atoms with Crippen LogP contribution >= 0.6 is 0 Å². The topological polar surface area (TPSA) is 107 Å². The van der Waals surface area contributed by atoms with E-state index in [1.165, 1.54) is 0 Å². The molecule has 2 saturated heterocycles. The van der Waals surface area contributed by atoms with E-state index in [2.05, 4.69) is 4.74 Å². The van der Waals surface area contributed by atoms with Crippen LogP contribution < -0.4 is 9.47 Å². The van der Waals surface area contributed by atoms with Gasteiger partial charge in [0.15, 0.2) is 0 Å². The molecule has 0 bridgehead atoms. The van der Waals surface area contributed by atoms with Gasteiger partial charge in [-0.25, -0.2) is 8.78 Å². The fourth-order valence-corrected chi connectivity index (χ4v) is 4.66. The first-order valence-corrected chi connectivity index (χ1v) is 13.0. The number of methoxy groups -OCH3 is 2. The van der Waals surface area contributed by atoms with E-state index in [-0.39, 0.29) is 68.8 Å². The largest absolute Gasteiger partial charge is 0.543 e. The van der Waals surface area contributed by atoms with Crippen molar-refractivity contribution >= 4 is 0 Å². The first-order chi connectivity index (χ1) is 19.8. The summed E-state index contributed by atoms with van der Waals surface area (Å²) in [4.78, 5) is 0. The molecule has 12 heteroatoms. The summed E-state index contributed by atoms with van der Waals surface area (Å²) < 4.78 is 53.9. The molecule has 8 nitrogen and oxygen atoms in total. The molecule has 2 heterocycles. The Morgan fingerprint density at radius 3 is 1.47 bits per heavy atom. The van der Waals surface area contributed by atoms with E-state index >= 15 is 0 Å². The van der Waals surface area contributed by atoms with E-state index in [1.807, 2.05) is 78.9 Å². The number of hydrogen-bond donors (Lipinski definition) is 3. The van der Waals surface area contributed by atoms with E-state index in [1.54, 1.807) is 14.2 Å². The van der Waals surface area contributed by atoms with Gasteiger partial charge in [0, 0.05) is 62.2 Å². The van der Waals surface area contributed by atoms with Crippen LogP contribution in [0.15, 0.2) is 78.9 Å². The minimum Gasteiger partial charge on any atom is -0.543 e. The molecule has 3 N–H and O–H groups in total. The molecule has 0 spiro atoms. The van der Waals surface area contributed by atoms with Crippen LogP contribution in [0.4, 0.5) is 8.78 Å². The fourth-order valence-electron chi connectivity index (χ4n) is 4.66. The van der Waals surface area contributed by atoms with Crippen LogP contribution in [0, 0.1) is 75.4 Å². The molecule has 6 atom stereocenters. The number of hydrogen-bond acceptors (Lipinski definition) is 8. The standard InChI is InChI=1S/C26H26FO5.C5H8FO3.2U/c1-29-21-12-8-19(9-13-21)26(18-6-4-3-5-7-18,20-10-14-22(30-2)15-11-20)32-17-24-25(27)23(28)16-31-24;6-5-3(8)2-9-4(5)1-7;;/h3-16,23-25,28H,17H2,1-2H3;2-5,7-8H,1H2;;/q2*-1;;/t23-,24+,25-;3-,4+,5-;;/m00../s1. The van der Waals surface area contributed by atoms with Gasteiger partial charge in [-0.3, -0.25) is 0 Å². The molecule has 43 heavy (non-hydrogen) atoms. The number of ether oxygens (including phenoxy) is 5. The van der Waals surface area contributed by atoms with Gasteiger partial charge < -0.3 is 39.0 Å². The minimum absolute atomic E-state index is 0. The number of halogens is 2. The zero-order valence-electron chi connectivity index (χ0n) is 23.7. The van der Waals surface area contributed by atoms with Gasteiger partial charge in [0.25, 0.3) is 0 Å². The van der Waals surface area contributed by atoms with Crippen LogP contribution in [0.1, 0.15) is 16.7 Å². The van der Waals surface area contributed by atoms with Crippen molar-refractivity contribution in [1.29, 1.82) is 0 Å². The van der Waals surface area contributed by atoms with Crippen molar-refractivity contribution in [2.45, 2.75) is 42.4 Å². The monoisotopic (exact) mass is 1050 g/mol. The van der Waals surface area contributed by atoms with Crippen molar-refractivity contribution in [2.75, 3.05) is 27.4 Å². The van der Waals surface area contributed by atoms with Gasteiger partial charge in [0.1, 0.15) is 29.4 Å². The molecule has 0 aliphatic carbocycles. The van der Waals surface area contributed by atoms with Gasteiger partial charge in [-0.05, 0) is 53.2 Å². The maximum Gasteiger partial charge on any atom is 0.143 e. The van der Waals surface area contributed by atoms with Gasteiger partial charge in [-0.2, -0.15) is 13.2 Å². The van der Waals surface area contributed by atoms with Crippen LogP contribution in [-0.4, -0.2) is 79.5 Å². The molecule has 2 aliphatic rings. The summed E-state index contributed by atoms with van der Waals surface area (Å²) in [6, 6.07) is 24.9. The maximum atomic E-state index is 14.4. The zero-order chi connectivity index (χ0) is 29.4. The summed E-state index contributed by atoms with van der Waals surface area (Å²) in [5.41, 5.74) is 1.49. The second-order valence-electron chi connectivity index (χ2n) is 9.49. The number of aliphatic hydroxyl groups excluding tert-OH is 3. The van der Waals surface area contributed by atoms with E-state index in [0.717, 1.165) is 29.9 Å². The Hall–Kier alpha value is -1.02. The van der Waals surface area contributed by atoms with Gasteiger partial charge in [0.2, 0.25) is 0 Å². The van der Waals surface area contributed by atoms with Crippen molar-refractivity contribution in [3.8, 4) is 11.5 Å². The number of rotatable bonds is 9. The van der Waals surface area contributed by atoms with Crippen molar-refractivity contribution < 1.29 is 110 Å². The Bertz CT molecular complexity index is 1160. The second-order valence-corrected chi connectivity index (χ2v) is 9.49. The fraction of sp³-hybridized carbons (Fsp3) is 0.355. The smallest absolute Gasteiger partial charge is 0.143 e. The van der Waals surface area contributed by atoms with Gasteiger partial charge >= 0.3 is 0 Å². The van der Waals surface area contributed by atoms with Crippen LogP contribution in [0.3, 0.4) is 0 Å². The molecule has 0 aromatic heterocycles. The molecule has 230 valence electrons. The normalized spacial score (nSPS) is 24.6. The Labute approximate surface area is 297 Å². The van der Waals surface area contributed by atoms with E-state index in [9.17, 15) is 13.9 Å². The average Bonchev–Trinajstić information content (AvgIpc) is 3.53. The molecule has 2 fully saturated rings. The predicted molar refractivity (Wildman–Crippen MR) is 146 cm³/mol. The molecule has 0 radical (unpaired) electrons. The summed E-state index contributed by atoms with van der Waals surface area (Å²) >= 11 is 0. The van der Waals surface area contributed by atoms with Crippen LogP contribution in [0.2, 0.25) is 0 Å². The number of aliphatic hydroxyl groups is 3. The quantitative estimate of drug-likeness (QED) is 0.221. The van der Waals surface area contributed by atoms with E-state index < -0.39 is 49.0 Å². The Morgan fingerprint density at radius 1 is 0.698 bits per heavy atom. The third kappa shape index (κ3) is 9.04. The Morgan fingerprint density at radius 2 is 1.12 bits per heavy atom. The predicted octanol–water partition coefficient (Wildman–Crippen LogP) is 3.51. The van der Waals surface area contributed by atoms with Crippen LogP contribution in [0.25, 0.3) is 0 Å². The third-order valence-corrected chi connectivity index (χ3v) is 6.97. The summed E-state index contributed by atoms with van der Waals surface area (Å²) in [5, 5.41) is 26.7. The Kier molecular flexibility index (Phi) is 16.2. The summed E-state index contributed by atoms with van der Waals surface area (Å²) in [7, 11) is 3.22. The molecule has 2 aliphatic heterocycles. The first-order valence-electron chi connectivity index (χ1n) is 13.0. The molecule has 3 aromatic rings. The number of benzene rings is 3. The summed E-state index contributed by atoms with van der Waals surface area (Å²) in [6.45, 7) is 1.64. The molecular formula is C31H34F2O8U2-2.